The molecular formula is C24H24ClF3N2O3S. The van der Waals surface area contributed by atoms with Crippen LogP contribution in [-0.2, 0) is 4.79 Å². The number of fused-ring (bicyclic) bond motifs is 2. The lowest BCUT2D eigenvalue weighted by Crippen LogP contribution is -2.53. The molecule has 2 amide bonds. The van der Waals surface area contributed by atoms with Crippen molar-refractivity contribution in [1.82, 2.24) is 5.32 Å². The monoisotopic (exact) mass is 512 g/mol. The van der Waals surface area contributed by atoms with Crippen LogP contribution in [0.4, 0.5) is 18.9 Å². The molecule has 2 aromatic carbocycles. The van der Waals surface area contributed by atoms with Gasteiger partial charge >= 0.3 is 0 Å². The van der Waals surface area contributed by atoms with Crippen LogP contribution in [0.3, 0.4) is 0 Å². The highest BCUT2D eigenvalue weighted by Crippen LogP contribution is 2.53. The Balaban J connectivity index is 1.45. The number of anilines is 1. The minimum Gasteiger partial charge on any atom is -0.387 e. The van der Waals surface area contributed by atoms with Crippen LogP contribution in [0.15, 0.2) is 35.2 Å². The molecule has 3 unspecified atom stereocenters. The van der Waals surface area contributed by atoms with Crippen molar-refractivity contribution >= 4 is 40.9 Å². The van der Waals surface area contributed by atoms with E-state index in [0.29, 0.717) is 22.1 Å². The van der Waals surface area contributed by atoms with E-state index >= 15 is 0 Å². The van der Waals surface area contributed by atoms with Crippen molar-refractivity contribution in [1.29, 1.82) is 0 Å². The van der Waals surface area contributed by atoms with Gasteiger partial charge in [0.1, 0.15) is 0 Å². The molecule has 0 aliphatic heterocycles. The number of carbonyl (C=O) groups is 2. The van der Waals surface area contributed by atoms with Crippen LogP contribution in [0.25, 0.3) is 0 Å². The summed E-state index contributed by atoms with van der Waals surface area (Å²) in [4.78, 5) is 24.6. The van der Waals surface area contributed by atoms with Gasteiger partial charge in [0.05, 0.1) is 10.6 Å². The van der Waals surface area contributed by atoms with Gasteiger partial charge in [-0.15, -0.1) is 11.8 Å². The van der Waals surface area contributed by atoms with E-state index in [1.807, 2.05) is 0 Å². The third-order valence-electron chi connectivity index (χ3n) is 6.72. The number of carbonyl (C=O) groups excluding carboxylic acids is 2. The third kappa shape index (κ3) is 5.06. The molecule has 0 heterocycles. The number of hydrogen-bond acceptors (Lipinski definition) is 4. The molecule has 2 aromatic rings. The van der Waals surface area contributed by atoms with Gasteiger partial charge in [-0.05, 0) is 55.7 Å². The van der Waals surface area contributed by atoms with Crippen LogP contribution < -0.4 is 10.6 Å². The smallest absolute Gasteiger partial charge is 0.255 e. The first-order valence-electron chi connectivity index (χ1n) is 11.0. The number of thioether (sulfide) groups is 1. The molecule has 2 aliphatic rings. The molecule has 3 N–H and O–H groups in total. The highest BCUT2D eigenvalue weighted by molar-refractivity contribution is 8.00. The molecule has 4 atom stereocenters. The predicted octanol–water partition coefficient (Wildman–Crippen LogP) is 5.16. The largest absolute Gasteiger partial charge is 0.387 e. The number of nitrogens with one attached hydrogen (secondary N) is 2. The SMILES string of the molecule is CC(=O)NCC1(O)C2CC[C@H]1CC(Sc1cc(C(=O)Nc3cc(F)c(F)c(F)c3)ccc1Cl)C2. The van der Waals surface area contributed by atoms with Crippen LogP contribution in [0, 0.1) is 29.3 Å². The summed E-state index contributed by atoms with van der Waals surface area (Å²) in [6.45, 7) is 1.68. The Bertz CT molecular complexity index is 1100. The summed E-state index contributed by atoms with van der Waals surface area (Å²) in [7, 11) is 0. The molecule has 5 nitrogen and oxygen atoms in total. The maximum absolute atomic E-state index is 13.5. The number of rotatable bonds is 6. The Morgan fingerprint density at radius 2 is 1.74 bits per heavy atom. The molecule has 0 aromatic heterocycles. The number of benzene rings is 2. The number of amides is 2. The summed E-state index contributed by atoms with van der Waals surface area (Å²) in [5.74, 6) is -5.06. The molecule has 2 fully saturated rings. The van der Waals surface area contributed by atoms with Gasteiger partial charge in [0.25, 0.3) is 5.91 Å². The van der Waals surface area contributed by atoms with Crippen LogP contribution >= 0.6 is 23.4 Å². The van der Waals surface area contributed by atoms with E-state index in [-0.39, 0.29) is 40.8 Å². The second-order valence-corrected chi connectivity index (χ2v) is 10.7. The topological polar surface area (TPSA) is 78.4 Å². The zero-order valence-electron chi connectivity index (χ0n) is 18.3. The molecule has 34 heavy (non-hydrogen) atoms. The van der Waals surface area contributed by atoms with E-state index in [9.17, 15) is 27.9 Å². The Hall–Kier alpha value is -2.23. The van der Waals surface area contributed by atoms with E-state index in [4.69, 9.17) is 11.6 Å². The molecular weight excluding hydrogens is 489 g/mol. The average Bonchev–Trinajstić information content (AvgIpc) is 2.94. The first kappa shape index (κ1) is 24.9. The lowest BCUT2D eigenvalue weighted by Gasteiger charge is -2.42. The van der Waals surface area contributed by atoms with E-state index in [1.165, 1.54) is 24.8 Å². The maximum Gasteiger partial charge on any atom is 0.255 e. The van der Waals surface area contributed by atoms with Crippen molar-refractivity contribution < 1.29 is 27.9 Å². The molecule has 10 heteroatoms. The lowest BCUT2D eigenvalue weighted by atomic mass is 9.74. The first-order valence-corrected chi connectivity index (χ1v) is 12.2. The summed E-state index contributed by atoms with van der Waals surface area (Å²) < 4.78 is 40.1. The Labute approximate surface area is 204 Å². The molecule has 0 saturated heterocycles. The van der Waals surface area contributed by atoms with Crippen LogP contribution in [-0.4, -0.2) is 34.3 Å². The maximum atomic E-state index is 13.5. The van der Waals surface area contributed by atoms with Crippen molar-refractivity contribution in [2.75, 3.05) is 11.9 Å². The number of halogens is 4. The van der Waals surface area contributed by atoms with E-state index < -0.39 is 29.0 Å². The normalized spacial score (nSPS) is 25.8. The van der Waals surface area contributed by atoms with Crippen molar-refractivity contribution in [3.8, 4) is 0 Å². The van der Waals surface area contributed by atoms with E-state index in [1.54, 1.807) is 12.1 Å². The van der Waals surface area contributed by atoms with Gasteiger partial charge in [0.15, 0.2) is 17.5 Å². The van der Waals surface area contributed by atoms with Gasteiger partial charge in [-0.2, -0.15) is 0 Å². The van der Waals surface area contributed by atoms with Crippen LogP contribution in [0.2, 0.25) is 5.02 Å². The van der Waals surface area contributed by atoms with Crippen molar-refractivity contribution in [3.63, 3.8) is 0 Å². The fraction of sp³-hybridized carbons (Fsp3) is 0.417. The lowest BCUT2D eigenvalue weighted by molar-refractivity contribution is -0.122. The van der Waals surface area contributed by atoms with Gasteiger partial charge in [0, 0.05) is 47.0 Å². The average molecular weight is 513 g/mol. The van der Waals surface area contributed by atoms with Gasteiger partial charge in [-0.3, -0.25) is 9.59 Å². The standard InChI is InChI=1S/C24H24ClF3N2O3S/c1-12(31)29-11-24(33)14-3-4-15(24)8-17(7-14)34-21-6-13(2-5-18(21)25)23(32)30-16-9-19(26)22(28)20(27)10-16/h2,5-6,9-10,14-15,17,33H,3-4,7-8,11H2,1H3,(H,29,31)(H,30,32)/t14-,15?,17?,24?/m0/s1. The highest BCUT2D eigenvalue weighted by atomic mass is 35.5. The van der Waals surface area contributed by atoms with Crippen LogP contribution in [0.1, 0.15) is 43.0 Å². The fourth-order valence-corrected chi connectivity index (χ4v) is 6.65. The molecule has 182 valence electrons. The van der Waals surface area contributed by atoms with Crippen molar-refractivity contribution in [2.45, 2.75) is 48.4 Å². The summed E-state index contributed by atoms with van der Waals surface area (Å²) in [5, 5.41) is 16.9. The van der Waals surface area contributed by atoms with Gasteiger partial charge < -0.3 is 15.7 Å². The minimum absolute atomic E-state index is 0.0594. The van der Waals surface area contributed by atoms with Gasteiger partial charge in [-0.25, -0.2) is 13.2 Å². The Morgan fingerprint density at radius 1 is 1.12 bits per heavy atom. The second-order valence-electron chi connectivity index (χ2n) is 8.94. The second kappa shape index (κ2) is 9.79. The predicted molar refractivity (Wildman–Crippen MR) is 124 cm³/mol. The van der Waals surface area contributed by atoms with E-state index in [0.717, 1.165) is 25.7 Å². The molecule has 4 rings (SSSR count). The minimum atomic E-state index is -1.60. The molecule has 2 bridgehead atoms. The molecule has 0 radical (unpaired) electrons. The molecule has 2 aliphatic carbocycles. The third-order valence-corrected chi connectivity index (χ3v) is 8.47. The number of hydrogen-bond donors (Lipinski definition) is 3. The highest BCUT2D eigenvalue weighted by Gasteiger charge is 2.53. The van der Waals surface area contributed by atoms with Crippen molar-refractivity contribution in [3.05, 3.63) is 58.4 Å². The number of aliphatic hydroxyl groups is 1. The van der Waals surface area contributed by atoms with Crippen LogP contribution in [0.5, 0.6) is 0 Å². The fourth-order valence-electron chi connectivity index (χ4n) is 5.01. The summed E-state index contributed by atoms with van der Waals surface area (Å²) >= 11 is 7.91. The molecule has 2 saturated carbocycles. The van der Waals surface area contributed by atoms with Gasteiger partial charge in [-0.1, -0.05) is 11.6 Å². The van der Waals surface area contributed by atoms with Gasteiger partial charge in [0.2, 0.25) is 5.91 Å². The van der Waals surface area contributed by atoms with E-state index in [2.05, 4.69) is 10.6 Å². The quantitative estimate of drug-likeness (QED) is 0.467. The zero-order valence-corrected chi connectivity index (χ0v) is 19.9. The van der Waals surface area contributed by atoms with Crippen molar-refractivity contribution in [2.24, 2.45) is 11.8 Å². The summed E-state index contributed by atoms with van der Waals surface area (Å²) in [6.07, 6.45) is 3.27. The summed E-state index contributed by atoms with van der Waals surface area (Å²) in [5.41, 5.74) is -0.876. The molecule has 0 spiro atoms. The first-order chi connectivity index (χ1) is 16.1. The zero-order chi connectivity index (χ0) is 24.6. The summed E-state index contributed by atoms with van der Waals surface area (Å²) in [6, 6.07) is 6.10. The Morgan fingerprint density at radius 3 is 2.32 bits per heavy atom. The Kier molecular flexibility index (Phi) is 7.17.